The molecule has 3 nitrogen and oxygen atoms in total. The Labute approximate surface area is 133 Å². The number of carbonyl (C=O) groups is 1. The largest absolute Gasteiger partial charge is 0.493 e. The van der Waals surface area contributed by atoms with Crippen LogP contribution in [0.15, 0.2) is 24.3 Å². The molecule has 0 unspecified atom stereocenters. The van der Waals surface area contributed by atoms with E-state index in [2.05, 4.69) is 24.3 Å². The van der Waals surface area contributed by atoms with Crippen molar-refractivity contribution in [1.82, 2.24) is 0 Å². The molecule has 2 fully saturated rings. The Morgan fingerprint density at radius 1 is 1.23 bits per heavy atom. The number of benzene rings is 1. The van der Waals surface area contributed by atoms with Crippen molar-refractivity contribution in [3.05, 3.63) is 29.8 Å². The summed E-state index contributed by atoms with van der Waals surface area (Å²) in [5.74, 6) is 1.70. The van der Waals surface area contributed by atoms with Gasteiger partial charge in [-0.1, -0.05) is 18.6 Å². The first-order chi connectivity index (χ1) is 10.7. The lowest BCUT2D eigenvalue weighted by Gasteiger charge is -2.41. The molecule has 0 N–H and O–H groups in total. The van der Waals surface area contributed by atoms with E-state index >= 15 is 0 Å². The van der Waals surface area contributed by atoms with E-state index in [-0.39, 0.29) is 11.4 Å². The lowest BCUT2D eigenvalue weighted by molar-refractivity contribution is -0.145. The number of hydrogen-bond acceptors (Lipinski definition) is 3. The molecule has 0 bridgehead atoms. The summed E-state index contributed by atoms with van der Waals surface area (Å²) in [4.78, 5) is 11.6. The summed E-state index contributed by atoms with van der Waals surface area (Å²) >= 11 is 0. The predicted molar refractivity (Wildman–Crippen MR) is 85.9 cm³/mol. The summed E-state index contributed by atoms with van der Waals surface area (Å²) in [5, 5.41) is 0. The van der Waals surface area contributed by atoms with Crippen LogP contribution in [0.1, 0.15) is 50.5 Å². The SMILES string of the molecule is COC(=O)CC1(CCc2ccc(OCC3CC3)cc2)CCC1. The fourth-order valence-corrected chi connectivity index (χ4v) is 3.23. The number of hydrogen-bond donors (Lipinski definition) is 0. The van der Waals surface area contributed by atoms with E-state index in [9.17, 15) is 4.79 Å². The Morgan fingerprint density at radius 2 is 1.95 bits per heavy atom. The van der Waals surface area contributed by atoms with Crippen LogP contribution in [0.3, 0.4) is 0 Å². The van der Waals surface area contributed by atoms with Crippen molar-refractivity contribution >= 4 is 5.97 Å². The molecule has 1 aromatic rings. The highest BCUT2D eigenvalue weighted by atomic mass is 16.5. The lowest BCUT2D eigenvalue weighted by atomic mass is 9.64. The van der Waals surface area contributed by atoms with E-state index in [1.807, 2.05) is 0 Å². The van der Waals surface area contributed by atoms with E-state index in [1.54, 1.807) is 0 Å². The van der Waals surface area contributed by atoms with Crippen LogP contribution in [0.2, 0.25) is 0 Å². The van der Waals surface area contributed by atoms with Gasteiger partial charge in [-0.15, -0.1) is 0 Å². The zero-order valence-electron chi connectivity index (χ0n) is 13.5. The van der Waals surface area contributed by atoms with Crippen molar-refractivity contribution in [2.45, 2.75) is 51.4 Å². The second-order valence-electron chi connectivity index (χ2n) is 7.00. The first kappa shape index (κ1) is 15.4. The zero-order chi connectivity index (χ0) is 15.4. The fourth-order valence-electron chi connectivity index (χ4n) is 3.23. The van der Waals surface area contributed by atoms with Crippen LogP contribution in [-0.4, -0.2) is 19.7 Å². The van der Waals surface area contributed by atoms with Crippen LogP contribution in [0.25, 0.3) is 0 Å². The molecule has 0 atom stereocenters. The lowest BCUT2D eigenvalue weighted by Crippen LogP contribution is -2.33. The molecule has 3 rings (SSSR count). The molecule has 0 aliphatic heterocycles. The van der Waals surface area contributed by atoms with Gasteiger partial charge in [-0.3, -0.25) is 4.79 Å². The Bertz CT molecular complexity index is 498. The van der Waals surface area contributed by atoms with E-state index in [0.717, 1.165) is 44.0 Å². The molecule has 0 spiro atoms. The first-order valence-corrected chi connectivity index (χ1v) is 8.48. The maximum Gasteiger partial charge on any atom is 0.306 e. The van der Waals surface area contributed by atoms with Gasteiger partial charge >= 0.3 is 5.97 Å². The molecular formula is C19H26O3. The molecule has 2 aliphatic carbocycles. The van der Waals surface area contributed by atoms with Crippen molar-refractivity contribution < 1.29 is 14.3 Å². The van der Waals surface area contributed by atoms with E-state index in [0.29, 0.717) is 6.42 Å². The van der Waals surface area contributed by atoms with Crippen LogP contribution in [-0.2, 0) is 16.0 Å². The van der Waals surface area contributed by atoms with Crippen molar-refractivity contribution in [3.63, 3.8) is 0 Å². The molecule has 0 saturated heterocycles. The molecule has 0 radical (unpaired) electrons. The second-order valence-corrected chi connectivity index (χ2v) is 7.00. The molecule has 3 heteroatoms. The molecule has 0 aromatic heterocycles. The Balaban J connectivity index is 1.48. The highest BCUT2D eigenvalue weighted by molar-refractivity contribution is 5.70. The number of methoxy groups -OCH3 is 1. The minimum absolute atomic E-state index is 0.0662. The third-order valence-corrected chi connectivity index (χ3v) is 5.21. The summed E-state index contributed by atoms with van der Waals surface area (Å²) in [6.45, 7) is 0.863. The summed E-state index contributed by atoms with van der Waals surface area (Å²) in [7, 11) is 1.48. The van der Waals surface area contributed by atoms with Crippen LogP contribution < -0.4 is 4.74 Å². The van der Waals surface area contributed by atoms with Gasteiger partial charge in [0.25, 0.3) is 0 Å². The molecular weight excluding hydrogens is 276 g/mol. The van der Waals surface area contributed by atoms with Crippen LogP contribution in [0.5, 0.6) is 5.75 Å². The number of rotatable bonds is 8. The smallest absolute Gasteiger partial charge is 0.306 e. The van der Waals surface area contributed by atoms with Crippen molar-refractivity contribution in [3.8, 4) is 5.75 Å². The minimum Gasteiger partial charge on any atom is -0.493 e. The van der Waals surface area contributed by atoms with Gasteiger partial charge in [-0.2, -0.15) is 0 Å². The summed E-state index contributed by atoms with van der Waals surface area (Å²) in [6, 6.07) is 8.47. The van der Waals surface area contributed by atoms with Gasteiger partial charge in [-0.25, -0.2) is 0 Å². The molecule has 1 aromatic carbocycles. The van der Waals surface area contributed by atoms with Crippen LogP contribution >= 0.6 is 0 Å². The van der Waals surface area contributed by atoms with Gasteiger partial charge in [0, 0.05) is 0 Å². The average molecular weight is 302 g/mol. The number of esters is 1. The molecule has 22 heavy (non-hydrogen) atoms. The molecule has 0 amide bonds. The Hall–Kier alpha value is -1.51. The molecule has 0 heterocycles. The topological polar surface area (TPSA) is 35.5 Å². The van der Waals surface area contributed by atoms with E-state index in [4.69, 9.17) is 9.47 Å². The van der Waals surface area contributed by atoms with Gasteiger partial charge in [0.2, 0.25) is 0 Å². The Morgan fingerprint density at radius 3 is 2.50 bits per heavy atom. The third-order valence-electron chi connectivity index (χ3n) is 5.21. The third kappa shape index (κ3) is 4.02. The van der Waals surface area contributed by atoms with Gasteiger partial charge in [-0.05, 0) is 67.6 Å². The van der Waals surface area contributed by atoms with Crippen LogP contribution in [0.4, 0.5) is 0 Å². The highest BCUT2D eigenvalue weighted by Gasteiger charge is 2.38. The Kier molecular flexibility index (Phi) is 4.70. The van der Waals surface area contributed by atoms with Gasteiger partial charge in [0.05, 0.1) is 20.1 Å². The van der Waals surface area contributed by atoms with E-state index in [1.165, 1.54) is 31.9 Å². The first-order valence-electron chi connectivity index (χ1n) is 8.48. The predicted octanol–water partition coefficient (Wildman–Crippen LogP) is 4.14. The quantitative estimate of drug-likeness (QED) is 0.677. The summed E-state index contributed by atoms with van der Waals surface area (Å²) in [6.07, 6.45) is 8.87. The standard InChI is InChI=1S/C19H26O3/c1-21-18(20)13-19(10-2-11-19)12-9-15-5-7-17(8-6-15)22-14-16-3-4-16/h5-8,16H,2-4,9-14H2,1H3. The summed E-state index contributed by atoms with van der Waals surface area (Å²) in [5.41, 5.74) is 1.52. The minimum atomic E-state index is -0.0662. The molecule has 120 valence electrons. The number of ether oxygens (including phenoxy) is 2. The normalized spacial score (nSPS) is 19.3. The summed E-state index contributed by atoms with van der Waals surface area (Å²) < 4.78 is 10.6. The monoisotopic (exact) mass is 302 g/mol. The number of carbonyl (C=O) groups excluding carboxylic acids is 1. The number of aryl methyl sites for hydroxylation is 1. The van der Waals surface area contributed by atoms with E-state index < -0.39 is 0 Å². The molecule has 2 saturated carbocycles. The van der Waals surface area contributed by atoms with Crippen molar-refractivity contribution in [1.29, 1.82) is 0 Å². The van der Waals surface area contributed by atoms with Crippen molar-refractivity contribution in [2.24, 2.45) is 11.3 Å². The van der Waals surface area contributed by atoms with Gasteiger partial charge < -0.3 is 9.47 Å². The maximum atomic E-state index is 11.6. The van der Waals surface area contributed by atoms with Crippen molar-refractivity contribution in [2.75, 3.05) is 13.7 Å². The van der Waals surface area contributed by atoms with Crippen LogP contribution in [0, 0.1) is 11.3 Å². The second kappa shape index (κ2) is 6.72. The fraction of sp³-hybridized carbons (Fsp3) is 0.632. The van der Waals surface area contributed by atoms with Gasteiger partial charge in [0.15, 0.2) is 0 Å². The maximum absolute atomic E-state index is 11.6. The zero-order valence-corrected chi connectivity index (χ0v) is 13.5. The highest BCUT2D eigenvalue weighted by Crippen LogP contribution is 2.47. The average Bonchev–Trinajstić information content (AvgIpc) is 3.33. The van der Waals surface area contributed by atoms with Gasteiger partial charge in [0.1, 0.15) is 5.75 Å². The molecule has 2 aliphatic rings.